The Bertz CT molecular complexity index is 760. The molecule has 1 saturated heterocycles. The third-order valence-corrected chi connectivity index (χ3v) is 6.50. The molecular formula is C16H20N2O2S2. The highest BCUT2D eigenvalue weighted by Crippen LogP contribution is 2.34. The SMILES string of the molecule is CSc1nc2sc3c(c2c(=O)n1C[C@@H]1CCCO1)CCCC3. The summed E-state index contributed by atoms with van der Waals surface area (Å²) in [5.74, 6) is 0. The predicted octanol–water partition coefficient (Wildman–Crippen LogP) is 3.24. The molecule has 3 heterocycles. The van der Waals surface area contributed by atoms with Crippen LogP contribution in [0.5, 0.6) is 0 Å². The summed E-state index contributed by atoms with van der Waals surface area (Å²) in [6.45, 7) is 1.46. The Balaban J connectivity index is 1.86. The molecule has 0 unspecified atom stereocenters. The molecule has 1 aliphatic heterocycles. The average molecular weight is 336 g/mol. The molecule has 0 bridgehead atoms. The molecule has 1 fully saturated rings. The predicted molar refractivity (Wildman–Crippen MR) is 91.3 cm³/mol. The van der Waals surface area contributed by atoms with E-state index < -0.39 is 0 Å². The van der Waals surface area contributed by atoms with E-state index in [-0.39, 0.29) is 11.7 Å². The van der Waals surface area contributed by atoms with Gasteiger partial charge in [0.1, 0.15) is 4.83 Å². The summed E-state index contributed by atoms with van der Waals surface area (Å²) in [7, 11) is 0. The Kier molecular flexibility index (Phi) is 4.00. The van der Waals surface area contributed by atoms with Crippen molar-refractivity contribution in [1.29, 1.82) is 0 Å². The first-order valence-corrected chi connectivity index (χ1v) is 10.0. The first-order chi connectivity index (χ1) is 10.8. The number of thiophene rings is 1. The monoisotopic (exact) mass is 336 g/mol. The second kappa shape index (κ2) is 5.98. The van der Waals surface area contributed by atoms with Crippen LogP contribution in [0.3, 0.4) is 0 Å². The van der Waals surface area contributed by atoms with Crippen LogP contribution in [0.15, 0.2) is 9.95 Å². The van der Waals surface area contributed by atoms with E-state index in [9.17, 15) is 4.79 Å². The molecule has 0 radical (unpaired) electrons. The number of fused-ring (bicyclic) bond motifs is 3. The van der Waals surface area contributed by atoms with Gasteiger partial charge in [0.05, 0.1) is 18.0 Å². The van der Waals surface area contributed by atoms with Crippen LogP contribution in [-0.4, -0.2) is 28.5 Å². The zero-order chi connectivity index (χ0) is 15.1. The summed E-state index contributed by atoms with van der Waals surface area (Å²) >= 11 is 3.28. The molecule has 22 heavy (non-hydrogen) atoms. The van der Waals surface area contributed by atoms with E-state index in [4.69, 9.17) is 9.72 Å². The lowest BCUT2D eigenvalue weighted by Gasteiger charge is -2.15. The van der Waals surface area contributed by atoms with Gasteiger partial charge in [-0.05, 0) is 50.3 Å². The van der Waals surface area contributed by atoms with Gasteiger partial charge in [0.15, 0.2) is 5.16 Å². The number of hydrogen-bond acceptors (Lipinski definition) is 5. The highest BCUT2D eigenvalue weighted by Gasteiger charge is 2.24. The molecule has 2 aliphatic rings. The molecule has 0 amide bonds. The largest absolute Gasteiger partial charge is 0.376 e. The molecule has 0 spiro atoms. The van der Waals surface area contributed by atoms with Crippen LogP contribution in [0.25, 0.3) is 10.2 Å². The van der Waals surface area contributed by atoms with Gasteiger partial charge in [-0.1, -0.05) is 11.8 Å². The fourth-order valence-corrected chi connectivity index (χ4v) is 5.40. The van der Waals surface area contributed by atoms with Gasteiger partial charge in [-0.2, -0.15) is 0 Å². The van der Waals surface area contributed by atoms with Crippen LogP contribution in [-0.2, 0) is 24.1 Å². The summed E-state index contributed by atoms with van der Waals surface area (Å²) < 4.78 is 7.58. The smallest absolute Gasteiger partial charge is 0.263 e. The van der Waals surface area contributed by atoms with Gasteiger partial charge >= 0.3 is 0 Å². The second-order valence-electron chi connectivity index (χ2n) is 6.04. The summed E-state index contributed by atoms with van der Waals surface area (Å²) in [5, 5.41) is 1.71. The van der Waals surface area contributed by atoms with Crippen LogP contribution in [0.4, 0.5) is 0 Å². The third kappa shape index (κ3) is 2.41. The summed E-state index contributed by atoms with van der Waals surface area (Å²) in [6.07, 6.45) is 8.86. The molecule has 4 nitrogen and oxygen atoms in total. The molecule has 0 aromatic carbocycles. The zero-order valence-corrected chi connectivity index (χ0v) is 14.4. The van der Waals surface area contributed by atoms with Gasteiger partial charge in [0.25, 0.3) is 5.56 Å². The summed E-state index contributed by atoms with van der Waals surface area (Å²) in [6, 6.07) is 0. The highest BCUT2D eigenvalue weighted by atomic mass is 32.2. The molecule has 2 aromatic heterocycles. The number of hydrogen-bond donors (Lipinski definition) is 0. The van der Waals surface area contributed by atoms with Crippen molar-refractivity contribution in [2.24, 2.45) is 0 Å². The first-order valence-electron chi connectivity index (χ1n) is 7.98. The third-order valence-electron chi connectivity index (χ3n) is 4.63. The van der Waals surface area contributed by atoms with E-state index >= 15 is 0 Å². The Hall–Kier alpha value is -0.850. The molecule has 2 aromatic rings. The summed E-state index contributed by atoms with van der Waals surface area (Å²) in [4.78, 5) is 20.2. The van der Waals surface area contributed by atoms with Crippen LogP contribution in [0, 0.1) is 0 Å². The van der Waals surface area contributed by atoms with Gasteiger partial charge in [-0.15, -0.1) is 11.3 Å². The number of thioether (sulfide) groups is 1. The van der Waals surface area contributed by atoms with Crippen molar-refractivity contribution in [3.8, 4) is 0 Å². The fraction of sp³-hybridized carbons (Fsp3) is 0.625. The van der Waals surface area contributed by atoms with Gasteiger partial charge in [0.2, 0.25) is 0 Å². The Morgan fingerprint density at radius 1 is 1.36 bits per heavy atom. The van der Waals surface area contributed by atoms with Crippen molar-refractivity contribution in [1.82, 2.24) is 9.55 Å². The molecule has 0 N–H and O–H groups in total. The van der Waals surface area contributed by atoms with Crippen molar-refractivity contribution in [3.63, 3.8) is 0 Å². The van der Waals surface area contributed by atoms with Crippen LogP contribution in [0.2, 0.25) is 0 Å². The van der Waals surface area contributed by atoms with E-state index in [1.807, 2.05) is 10.8 Å². The molecular weight excluding hydrogens is 316 g/mol. The van der Waals surface area contributed by atoms with E-state index in [1.165, 1.54) is 23.3 Å². The van der Waals surface area contributed by atoms with Gasteiger partial charge in [0, 0.05) is 11.5 Å². The van der Waals surface area contributed by atoms with Crippen molar-refractivity contribution in [2.75, 3.05) is 12.9 Å². The van der Waals surface area contributed by atoms with E-state index in [0.29, 0.717) is 6.54 Å². The Morgan fingerprint density at radius 2 is 2.23 bits per heavy atom. The Morgan fingerprint density at radius 3 is 3.00 bits per heavy atom. The van der Waals surface area contributed by atoms with E-state index in [1.54, 1.807) is 23.1 Å². The standard InChI is InChI=1S/C16H20N2O2S2/c1-21-16-17-14-13(11-6-2-3-7-12(11)22-14)15(19)18(16)9-10-5-4-8-20-10/h10H,2-9H2,1H3/t10-/m0/s1. The maximum Gasteiger partial charge on any atom is 0.263 e. The van der Waals surface area contributed by atoms with E-state index in [0.717, 1.165) is 47.7 Å². The van der Waals surface area contributed by atoms with E-state index in [2.05, 4.69) is 0 Å². The Labute approximate surface area is 137 Å². The fourth-order valence-electron chi connectivity index (χ4n) is 3.53. The zero-order valence-electron chi connectivity index (χ0n) is 12.8. The molecule has 1 atom stereocenters. The molecule has 6 heteroatoms. The van der Waals surface area contributed by atoms with Crippen molar-refractivity contribution in [2.45, 2.75) is 56.3 Å². The lowest BCUT2D eigenvalue weighted by Crippen LogP contribution is -2.29. The maximum absolute atomic E-state index is 13.1. The second-order valence-corrected chi connectivity index (χ2v) is 7.90. The first kappa shape index (κ1) is 14.7. The van der Waals surface area contributed by atoms with Crippen molar-refractivity contribution in [3.05, 3.63) is 20.8 Å². The van der Waals surface area contributed by atoms with Crippen molar-refractivity contribution >= 4 is 33.3 Å². The minimum atomic E-state index is 0.143. The number of nitrogens with zero attached hydrogens (tertiary/aromatic N) is 2. The van der Waals surface area contributed by atoms with Gasteiger partial charge in [-0.3, -0.25) is 9.36 Å². The normalized spacial score (nSPS) is 21.4. The van der Waals surface area contributed by atoms with Crippen molar-refractivity contribution < 1.29 is 4.74 Å². The lowest BCUT2D eigenvalue weighted by atomic mass is 9.97. The number of rotatable bonds is 3. The molecule has 118 valence electrons. The van der Waals surface area contributed by atoms with Crippen LogP contribution in [0.1, 0.15) is 36.1 Å². The quantitative estimate of drug-likeness (QED) is 0.637. The summed E-state index contributed by atoms with van der Waals surface area (Å²) in [5.41, 5.74) is 1.42. The molecule has 1 aliphatic carbocycles. The van der Waals surface area contributed by atoms with Gasteiger partial charge in [-0.25, -0.2) is 4.98 Å². The molecule has 0 saturated carbocycles. The average Bonchev–Trinajstić information content (AvgIpc) is 3.16. The number of ether oxygens (including phenoxy) is 1. The minimum Gasteiger partial charge on any atom is -0.376 e. The van der Waals surface area contributed by atoms with Crippen LogP contribution < -0.4 is 5.56 Å². The van der Waals surface area contributed by atoms with Gasteiger partial charge < -0.3 is 4.74 Å². The minimum absolute atomic E-state index is 0.143. The number of aromatic nitrogens is 2. The van der Waals surface area contributed by atoms with Crippen LogP contribution >= 0.6 is 23.1 Å². The molecule has 4 rings (SSSR count). The highest BCUT2D eigenvalue weighted by molar-refractivity contribution is 7.98. The lowest BCUT2D eigenvalue weighted by molar-refractivity contribution is 0.0937. The topological polar surface area (TPSA) is 44.1 Å². The maximum atomic E-state index is 13.1. The number of aryl methyl sites for hydroxylation is 2.